The van der Waals surface area contributed by atoms with Crippen molar-refractivity contribution in [1.82, 2.24) is 4.90 Å². The Bertz CT molecular complexity index is 940. The number of carbonyl (C=O) groups excluding carboxylic acids is 1. The summed E-state index contributed by atoms with van der Waals surface area (Å²) in [5, 5.41) is 28.6. The molecule has 6 N–H and O–H groups in total. The van der Waals surface area contributed by atoms with Crippen LogP contribution in [-0.4, -0.2) is 86.8 Å². The molecular weight excluding hydrogens is 415 g/mol. The number of carbonyl (C=O) groups is 1. The second-order valence-corrected chi connectivity index (χ2v) is 7.53. The molecule has 0 bridgehead atoms. The Labute approximate surface area is 171 Å². The first-order valence-corrected chi connectivity index (χ1v) is 10.2. The Morgan fingerprint density at radius 1 is 1.40 bits per heavy atom. The van der Waals surface area contributed by atoms with E-state index in [4.69, 9.17) is 20.2 Å². The lowest BCUT2D eigenvalue weighted by Crippen LogP contribution is -2.57. The zero-order valence-corrected chi connectivity index (χ0v) is 16.3. The third kappa shape index (κ3) is 3.19. The molecule has 3 aliphatic rings. The summed E-state index contributed by atoms with van der Waals surface area (Å²) in [4.78, 5) is 36.3. The maximum absolute atomic E-state index is 13.3. The molecule has 1 fully saturated rings. The number of fused-ring (bicyclic) bond motifs is 1. The van der Waals surface area contributed by atoms with E-state index >= 15 is 0 Å². The van der Waals surface area contributed by atoms with Crippen LogP contribution in [0.3, 0.4) is 0 Å². The van der Waals surface area contributed by atoms with Gasteiger partial charge in [-0.1, -0.05) is 30.3 Å². The smallest absolute Gasteiger partial charge is 0.250 e. The number of nitrogens with one attached hydrogen (secondary N) is 1. The van der Waals surface area contributed by atoms with Gasteiger partial charge in [-0.2, -0.15) is 0 Å². The molecule has 13 heteroatoms. The fourth-order valence-corrected chi connectivity index (χ4v) is 4.12. The quantitative estimate of drug-likeness (QED) is 0.279. The Hall–Kier alpha value is -2.44. The minimum atomic E-state index is -2.32. The molecule has 0 spiro atoms. The van der Waals surface area contributed by atoms with Crippen molar-refractivity contribution < 1.29 is 29.2 Å². The zero-order chi connectivity index (χ0) is 21.5. The number of aliphatic hydroxyl groups is 2. The molecule has 0 saturated carbocycles. The number of ether oxygens (including phenoxy) is 1. The van der Waals surface area contributed by atoms with Gasteiger partial charge in [-0.25, -0.2) is 15.0 Å². The van der Waals surface area contributed by atoms with Crippen LogP contribution in [0.2, 0.25) is 0 Å². The zero-order valence-electron chi connectivity index (χ0n) is 15.4. The van der Waals surface area contributed by atoms with Crippen molar-refractivity contribution in [2.24, 2.45) is 20.5 Å². The molecule has 158 valence electrons. The van der Waals surface area contributed by atoms with E-state index in [1.54, 1.807) is 30.3 Å². The normalized spacial score (nSPS) is 33.5. The number of benzene rings is 1. The highest BCUT2D eigenvalue weighted by atomic mass is 31.2. The van der Waals surface area contributed by atoms with Crippen molar-refractivity contribution >= 4 is 38.7 Å². The fraction of sp³-hybridized carbons (Fsp3) is 0.353. The molecule has 4 rings (SSSR count). The Morgan fingerprint density at radius 3 is 2.80 bits per heavy atom. The lowest BCUT2D eigenvalue weighted by atomic mass is 9.86. The molecule has 0 aromatic heterocycles. The van der Waals surface area contributed by atoms with Crippen LogP contribution in [0.25, 0.3) is 0 Å². The summed E-state index contributed by atoms with van der Waals surface area (Å²) in [5.41, 5.74) is 3.77. The minimum absolute atomic E-state index is 0.0248. The first-order valence-electron chi connectivity index (χ1n) is 8.88. The van der Waals surface area contributed by atoms with Crippen LogP contribution in [0.15, 0.2) is 45.3 Å². The lowest BCUT2D eigenvalue weighted by molar-refractivity contribution is -0.0503. The van der Waals surface area contributed by atoms with Gasteiger partial charge in [0.15, 0.2) is 17.9 Å². The second-order valence-electron chi connectivity index (χ2n) is 6.71. The number of nitrogens with two attached hydrogens (primary N) is 1. The van der Waals surface area contributed by atoms with Crippen LogP contribution in [0.1, 0.15) is 10.4 Å². The lowest BCUT2D eigenvalue weighted by Gasteiger charge is -2.32. The monoisotopic (exact) mass is 434 g/mol. The molecule has 1 saturated heterocycles. The average Bonchev–Trinajstić information content (AvgIpc) is 3.28. The number of aliphatic imine (C=N–C) groups is 3. The fourth-order valence-electron chi connectivity index (χ4n) is 3.61. The highest BCUT2D eigenvalue weighted by Crippen LogP contribution is 2.37. The summed E-state index contributed by atoms with van der Waals surface area (Å²) in [7, 11) is -2.32. The number of nitrogens with zero attached hydrogens (tertiary/aromatic N) is 4. The third-order valence-corrected chi connectivity index (χ3v) is 5.47. The number of Topliss-reactive ketones (excluding diaryl/α,β-unsaturated/α-hetero) is 1. The predicted octanol–water partition coefficient (Wildman–Crippen LogP) is -0.989. The molecule has 0 radical (unpaired) electrons. The van der Waals surface area contributed by atoms with E-state index in [9.17, 15) is 19.9 Å². The standard InChI is InChI=1S/C17H19N6O6P/c18-15-17(13(26)9-4-2-1-3-5-9)16(21-7-20-15)23(8-22-17)14-11(25)12(29-30(19)27)10(6-24)28-14/h1-5,7-8,10-12,14,18,24-25,27H,6,19H2/t10-,11-,12-,14-,17?,30?/m1/s1. The van der Waals surface area contributed by atoms with Crippen LogP contribution in [-0.2, 0) is 9.26 Å². The van der Waals surface area contributed by atoms with Crippen molar-refractivity contribution in [2.75, 3.05) is 6.61 Å². The maximum Gasteiger partial charge on any atom is 0.250 e. The van der Waals surface area contributed by atoms with E-state index in [1.807, 2.05) is 0 Å². The molecule has 12 nitrogen and oxygen atoms in total. The molecule has 30 heavy (non-hydrogen) atoms. The van der Waals surface area contributed by atoms with E-state index < -0.39 is 51.0 Å². The number of amidine groups is 2. The molecule has 0 aliphatic carbocycles. The highest BCUT2D eigenvalue weighted by molar-refractivity contribution is 7.43. The Balaban J connectivity index is 1.69. The van der Waals surface area contributed by atoms with Gasteiger partial charge in [0.1, 0.15) is 24.7 Å². The van der Waals surface area contributed by atoms with Crippen molar-refractivity contribution in [3.63, 3.8) is 0 Å². The summed E-state index contributed by atoms with van der Waals surface area (Å²) >= 11 is 0. The van der Waals surface area contributed by atoms with Gasteiger partial charge in [0.2, 0.25) is 11.3 Å². The Morgan fingerprint density at radius 2 is 2.13 bits per heavy atom. The molecule has 1 aromatic rings. The van der Waals surface area contributed by atoms with E-state index in [2.05, 4.69) is 15.0 Å². The van der Waals surface area contributed by atoms with Gasteiger partial charge in [-0.15, -0.1) is 0 Å². The van der Waals surface area contributed by atoms with E-state index in [0.717, 1.165) is 6.34 Å². The first-order chi connectivity index (χ1) is 14.4. The second kappa shape index (κ2) is 8.00. The Kier molecular flexibility index (Phi) is 5.55. The van der Waals surface area contributed by atoms with E-state index in [0.29, 0.717) is 5.56 Å². The molecule has 2 unspecified atom stereocenters. The van der Waals surface area contributed by atoms with Gasteiger partial charge in [0.25, 0.3) is 8.53 Å². The molecular formula is C17H19N6O6P. The van der Waals surface area contributed by atoms with E-state index in [1.165, 1.54) is 11.2 Å². The van der Waals surface area contributed by atoms with Crippen LogP contribution in [0.5, 0.6) is 0 Å². The maximum atomic E-state index is 13.3. The van der Waals surface area contributed by atoms with Crippen LogP contribution in [0, 0.1) is 5.41 Å². The molecule has 0 amide bonds. The van der Waals surface area contributed by atoms with E-state index in [-0.39, 0.29) is 11.7 Å². The predicted molar refractivity (Wildman–Crippen MR) is 107 cm³/mol. The van der Waals surface area contributed by atoms with Crippen LogP contribution >= 0.6 is 8.53 Å². The summed E-state index contributed by atoms with van der Waals surface area (Å²) in [5.74, 6) is -0.820. The van der Waals surface area contributed by atoms with Gasteiger partial charge in [-0.3, -0.25) is 20.6 Å². The molecule has 1 aromatic carbocycles. The minimum Gasteiger partial charge on any atom is -0.394 e. The number of aliphatic hydroxyl groups excluding tert-OH is 2. The van der Waals surface area contributed by atoms with Crippen molar-refractivity contribution in [2.45, 2.75) is 30.1 Å². The number of rotatable bonds is 6. The third-order valence-electron chi connectivity index (χ3n) is 5.01. The number of hydrogen-bond donors (Lipinski definition) is 5. The van der Waals surface area contributed by atoms with Crippen molar-refractivity contribution in [3.05, 3.63) is 35.9 Å². The van der Waals surface area contributed by atoms with Gasteiger partial charge >= 0.3 is 0 Å². The largest absolute Gasteiger partial charge is 0.394 e. The summed E-state index contributed by atoms with van der Waals surface area (Å²) in [6.07, 6.45) is -2.29. The van der Waals surface area contributed by atoms with Crippen LogP contribution < -0.4 is 5.50 Å². The summed E-state index contributed by atoms with van der Waals surface area (Å²) < 4.78 is 10.8. The summed E-state index contributed by atoms with van der Waals surface area (Å²) in [6.45, 7) is -0.510. The number of hydrogen-bond acceptors (Lipinski definition) is 11. The van der Waals surface area contributed by atoms with Gasteiger partial charge < -0.3 is 24.4 Å². The molecule has 6 atom stereocenters. The van der Waals surface area contributed by atoms with Gasteiger partial charge in [-0.05, 0) is 0 Å². The topological polar surface area (TPSA) is 186 Å². The van der Waals surface area contributed by atoms with Crippen molar-refractivity contribution in [3.8, 4) is 0 Å². The average molecular weight is 434 g/mol. The highest BCUT2D eigenvalue weighted by Gasteiger charge is 2.58. The molecule has 3 aliphatic heterocycles. The SMILES string of the molecule is N=C1N=CN=C2N([C@@H]3O[C@H](CO)[C@@H](OP(N)O)[C@H]3O)C=NC12C(=O)c1ccccc1. The van der Waals surface area contributed by atoms with Crippen LogP contribution in [0.4, 0.5) is 0 Å². The van der Waals surface area contributed by atoms with Gasteiger partial charge in [0.05, 0.1) is 12.9 Å². The van der Waals surface area contributed by atoms with Gasteiger partial charge in [0, 0.05) is 5.56 Å². The number of ketones is 1. The molecule has 3 heterocycles. The van der Waals surface area contributed by atoms with Crippen molar-refractivity contribution in [1.29, 1.82) is 5.41 Å². The summed E-state index contributed by atoms with van der Waals surface area (Å²) in [6, 6.07) is 8.31. The first kappa shape index (κ1) is 20.8.